The van der Waals surface area contributed by atoms with Gasteiger partial charge in [0.05, 0.1) is 10.9 Å². The van der Waals surface area contributed by atoms with E-state index in [1.54, 1.807) is 22.5 Å². The summed E-state index contributed by atoms with van der Waals surface area (Å²) in [5, 5.41) is 0. The molecule has 8 heteroatoms. The molecule has 2 fully saturated rings. The quantitative estimate of drug-likeness (QED) is 0.930. The van der Waals surface area contributed by atoms with Gasteiger partial charge in [0.25, 0.3) is 0 Å². The summed E-state index contributed by atoms with van der Waals surface area (Å²) in [6, 6.07) is 0. The van der Waals surface area contributed by atoms with Gasteiger partial charge in [0.15, 0.2) is 5.65 Å². The molecule has 3 atom stereocenters. The van der Waals surface area contributed by atoms with Crippen molar-refractivity contribution in [2.45, 2.75) is 31.4 Å². The van der Waals surface area contributed by atoms with Crippen LogP contribution in [0.4, 0.5) is 5.95 Å². The molecule has 0 amide bonds. The van der Waals surface area contributed by atoms with Crippen LogP contribution in [0, 0.1) is 11.8 Å². The van der Waals surface area contributed by atoms with Crippen molar-refractivity contribution in [1.29, 1.82) is 0 Å². The van der Waals surface area contributed by atoms with Gasteiger partial charge in [0.1, 0.15) is 11.7 Å². The second kappa shape index (κ2) is 4.96. The van der Waals surface area contributed by atoms with Gasteiger partial charge in [-0.2, -0.15) is 4.98 Å². The number of thiazole rings is 1. The van der Waals surface area contributed by atoms with Crippen LogP contribution in [-0.2, 0) is 4.74 Å². The van der Waals surface area contributed by atoms with Gasteiger partial charge in [-0.1, -0.05) is 18.3 Å². The third-order valence-electron chi connectivity index (χ3n) is 4.15. The molecule has 1 saturated heterocycles. The monoisotopic (exact) mass is 324 g/mol. The minimum atomic E-state index is -0.253. The van der Waals surface area contributed by atoms with Gasteiger partial charge in [-0.25, -0.2) is 4.98 Å². The van der Waals surface area contributed by atoms with Gasteiger partial charge in [-0.15, -0.1) is 11.8 Å². The smallest absolute Gasteiger partial charge is 0.311 e. The average Bonchev–Trinajstić information content (AvgIpc) is 3.11. The summed E-state index contributed by atoms with van der Waals surface area (Å²) in [6.45, 7) is 2.24. The van der Waals surface area contributed by atoms with Crippen molar-refractivity contribution in [3.63, 3.8) is 0 Å². The summed E-state index contributed by atoms with van der Waals surface area (Å²) in [5.41, 5.74) is 6.40. The van der Waals surface area contributed by atoms with Crippen LogP contribution >= 0.6 is 23.1 Å². The van der Waals surface area contributed by atoms with E-state index in [0.29, 0.717) is 11.6 Å². The molecular formula is C13H16N4O2S2. The van der Waals surface area contributed by atoms with Crippen molar-refractivity contribution < 1.29 is 4.74 Å². The molecule has 2 aromatic rings. The molecule has 1 aliphatic heterocycles. The summed E-state index contributed by atoms with van der Waals surface area (Å²) in [6.07, 6.45) is 3.96. The number of anilines is 1. The van der Waals surface area contributed by atoms with Crippen LogP contribution in [0.15, 0.2) is 11.0 Å². The van der Waals surface area contributed by atoms with Crippen molar-refractivity contribution in [3.05, 3.63) is 15.9 Å². The lowest BCUT2D eigenvalue weighted by atomic mass is 10.1. The van der Waals surface area contributed by atoms with Gasteiger partial charge in [0.2, 0.25) is 5.95 Å². The minimum absolute atomic E-state index is 0.0600. The first-order valence-electron chi connectivity index (χ1n) is 7.04. The van der Waals surface area contributed by atoms with E-state index in [0.717, 1.165) is 27.7 Å². The number of rotatable bonds is 3. The highest BCUT2D eigenvalue weighted by molar-refractivity contribution is 8.00. The zero-order valence-electron chi connectivity index (χ0n) is 11.6. The van der Waals surface area contributed by atoms with Crippen LogP contribution in [0.1, 0.15) is 26.0 Å². The van der Waals surface area contributed by atoms with Crippen molar-refractivity contribution >= 4 is 39.4 Å². The van der Waals surface area contributed by atoms with Gasteiger partial charge in [0, 0.05) is 5.75 Å². The molecule has 2 aromatic heterocycles. The molecule has 21 heavy (non-hydrogen) atoms. The topological polar surface area (TPSA) is 83.0 Å². The number of thioether (sulfide) groups is 1. The lowest BCUT2D eigenvalue weighted by molar-refractivity contribution is -0.00514. The minimum Gasteiger partial charge on any atom is -0.368 e. The van der Waals surface area contributed by atoms with E-state index in [9.17, 15) is 4.79 Å². The Morgan fingerprint density at radius 2 is 2.33 bits per heavy atom. The lowest BCUT2D eigenvalue weighted by Gasteiger charge is -2.19. The van der Waals surface area contributed by atoms with Gasteiger partial charge >= 0.3 is 4.87 Å². The zero-order valence-corrected chi connectivity index (χ0v) is 13.2. The third kappa shape index (κ3) is 2.35. The van der Waals surface area contributed by atoms with Crippen LogP contribution in [0.5, 0.6) is 0 Å². The Hall–Kier alpha value is -1.12. The summed E-state index contributed by atoms with van der Waals surface area (Å²) in [5.74, 6) is 2.29. The maximum absolute atomic E-state index is 12.2. The molecule has 0 aromatic carbocycles. The fourth-order valence-electron chi connectivity index (χ4n) is 2.77. The summed E-state index contributed by atoms with van der Waals surface area (Å²) in [4.78, 5) is 20.3. The summed E-state index contributed by atoms with van der Waals surface area (Å²) < 4.78 is 8.51. The van der Waals surface area contributed by atoms with E-state index in [-0.39, 0.29) is 22.5 Å². The molecule has 0 spiro atoms. The second-order valence-electron chi connectivity index (χ2n) is 5.64. The number of hydrogen-bond donors (Lipinski definition) is 1. The highest BCUT2D eigenvalue weighted by atomic mass is 32.2. The Kier molecular flexibility index (Phi) is 3.20. The Morgan fingerprint density at radius 3 is 3.10 bits per heavy atom. The van der Waals surface area contributed by atoms with Gasteiger partial charge in [-0.05, 0) is 24.7 Å². The van der Waals surface area contributed by atoms with Crippen LogP contribution in [0.2, 0.25) is 0 Å². The molecule has 1 saturated carbocycles. The average molecular weight is 324 g/mol. The van der Waals surface area contributed by atoms with E-state index < -0.39 is 0 Å². The maximum Gasteiger partial charge on any atom is 0.311 e. The zero-order chi connectivity index (χ0) is 14.6. The van der Waals surface area contributed by atoms with E-state index in [1.807, 2.05) is 0 Å². The lowest BCUT2D eigenvalue weighted by Crippen LogP contribution is -2.24. The Balaban J connectivity index is 1.66. The fourth-order valence-corrected chi connectivity index (χ4v) is 4.91. The van der Waals surface area contributed by atoms with Gasteiger partial charge in [-0.3, -0.25) is 9.36 Å². The third-order valence-corrected chi connectivity index (χ3v) is 6.38. The van der Waals surface area contributed by atoms with Crippen molar-refractivity contribution in [2.75, 3.05) is 11.5 Å². The summed E-state index contributed by atoms with van der Waals surface area (Å²) in [7, 11) is 0. The van der Waals surface area contributed by atoms with Crippen LogP contribution < -0.4 is 10.6 Å². The number of hydrogen-bond acceptors (Lipinski definition) is 7. The first-order chi connectivity index (χ1) is 10.1. The maximum atomic E-state index is 12.2. The first kappa shape index (κ1) is 13.5. The largest absolute Gasteiger partial charge is 0.368 e. The molecule has 6 nitrogen and oxygen atoms in total. The predicted octanol–water partition coefficient (Wildman–Crippen LogP) is 2.07. The molecule has 0 radical (unpaired) electrons. The van der Waals surface area contributed by atoms with Crippen molar-refractivity contribution in [3.8, 4) is 0 Å². The van der Waals surface area contributed by atoms with E-state index in [4.69, 9.17) is 10.5 Å². The number of nitrogen functional groups attached to an aromatic ring is 1. The molecule has 0 bridgehead atoms. The number of nitrogens with two attached hydrogens (primary N) is 1. The standard InChI is InChI=1S/C13H16N4O2S2/c1-6(7-2-3-7)11-19-9(5-20-11)17-10-8(21-13(17)18)4-15-12(14)16-10/h4,6-7,9,11H,2-3,5H2,1H3,(H2,14,15,16)/t6?,9-,11+/m1/s1. The van der Waals surface area contributed by atoms with Crippen molar-refractivity contribution in [2.24, 2.45) is 11.8 Å². The van der Waals surface area contributed by atoms with Crippen LogP contribution in [0.3, 0.4) is 0 Å². The predicted molar refractivity (Wildman–Crippen MR) is 84.3 cm³/mol. The highest BCUT2D eigenvalue weighted by Crippen LogP contribution is 2.46. The highest BCUT2D eigenvalue weighted by Gasteiger charge is 2.39. The SMILES string of the molecule is CC(C1CC1)[C@H]1O[C@@H](n2c(=O)sc3cnc(N)nc32)CS1. The molecule has 112 valence electrons. The number of ether oxygens (including phenoxy) is 1. The number of aromatic nitrogens is 3. The molecular weight excluding hydrogens is 308 g/mol. The molecule has 2 N–H and O–H groups in total. The molecule has 2 aliphatic rings. The normalized spacial score (nSPS) is 27.3. The second-order valence-corrected chi connectivity index (χ2v) is 7.77. The summed E-state index contributed by atoms with van der Waals surface area (Å²) >= 11 is 2.93. The Labute approximate surface area is 129 Å². The van der Waals surface area contributed by atoms with Crippen molar-refractivity contribution in [1.82, 2.24) is 14.5 Å². The van der Waals surface area contributed by atoms with E-state index in [2.05, 4.69) is 16.9 Å². The first-order valence-corrected chi connectivity index (χ1v) is 8.90. The number of fused-ring (bicyclic) bond motifs is 1. The van der Waals surface area contributed by atoms with E-state index in [1.165, 1.54) is 12.8 Å². The molecule has 1 unspecified atom stereocenters. The molecule has 4 rings (SSSR count). The fraction of sp³-hybridized carbons (Fsp3) is 0.615. The van der Waals surface area contributed by atoms with Crippen LogP contribution in [0.25, 0.3) is 10.3 Å². The van der Waals surface area contributed by atoms with E-state index >= 15 is 0 Å². The molecule has 1 aliphatic carbocycles. The Bertz CT molecular complexity index is 739. The Morgan fingerprint density at radius 1 is 1.52 bits per heavy atom. The van der Waals surface area contributed by atoms with Gasteiger partial charge < -0.3 is 10.5 Å². The number of nitrogens with zero attached hydrogens (tertiary/aromatic N) is 3. The van der Waals surface area contributed by atoms with Crippen LogP contribution in [-0.4, -0.2) is 25.7 Å². The molecule has 3 heterocycles.